The van der Waals surface area contributed by atoms with Gasteiger partial charge in [0.2, 0.25) is 0 Å². The summed E-state index contributed by atoms with van der Waals surface area (Å²) >= 11 is 0. The van der Waals surface area contributed by atoms with E-state index in [1.165, 1.54) is 28.8 Å². The second-order valence-electron chi connectivity index (χ2n) is 6.17. The molecule has 2 rings (SSSR count). The van der Waals surface area contributed by atoms with Crippen LogP contribution in [0.2, 0.25) is 0 Å². The quantitative estimate of drug-likeness (QED) is 0.446. The van der Waals surface area contributed by atoms with Gasteiger partial charge in [-0.15, -0.1) is 0 Å². The van der Waals surface area contributed by atoms with Crippen molar-refractivity contribution in [1.82, 2.24) is 0 Å². The molecule has 21 heavy (non-hydrogen) atoms. The fourth-order valence-corrected chi connectivity index (χ4v) is 2.66. The molecular formula is C19H26N2. The lowest BCUT2D eigenvalue weighted by atomic mass is 9.89. The minimum absolute atomic E-state index is 0.531. The van der Waals surface area contributed by atoms with Gasteiger partial charge in [-0.1, -0.05) is 35.4 Å². The summed E-state index contributed by atoms with van der Waals surface area (Å²) in [5, 5.41) is 4.70. The van der Waals surface area contributed by atoms with Gasteiger partial charge in [0.25, 0.3) is 0 Å². The van der Waals surface area contributed by atoms with Crippen LogP contribution in [-0.2, 0) is 0 Å². The maximum atomic E-state index is 4.70. The van der Waals surface area contributed by atoms with Gasteiger partial charge in [-0.3, -0.25) is 5.43 Å². The molecule has 0 saturated heterocycles. The smallest absolute Gasteiger partial charge is 0.0640 e. The standard InChI is InChI=1S/C19H26N2/c1-14(2)12-19(17-8-6-5-7-9-17)21-20-18-11-10-15(3)13-16(18)4/h5-6,10-13,17,20H,7-9H2,1-4H3/b21-19+. The number of hydrazone groups is 1. The highest BCUT2D eigenvalue weighted by molar-refractivity contribution is 5.98. The normalized spacial score (nSPS) is 18.5. The molecule has 0 spiro atoms. The van der Waals surface area contributed by atoms with Crippen LogP contribution in [0.25, 0.3) is 0 Å². The first-order valence-corrected chi connectivity index (χ1v) is 7.77. The van der Waals surface area contributed by atoms with Crippen molar-refractivity contribution in [2.75, 3.05) is 5.43 Å². The molecule has 0 fully saturated rings. The van der Waals surface area contributed by atoms with Gasteiger partial charge in [0.1, 0.15) is 0 Å². The monoisotopic (exact) mass is 282 g/mol. The Labute approximate surface area is 128 Å². The maximum absolute atomic E-state index is 4.70. The first-order valence-electron chi connectivity index (χ1n) is 7.77. The Kier molecular flexibility index (Phi) is 5.38. The largest absolute Gasteiger partial charge is 0.278 e. The summed E-state index contributed by atoms with van der Waals surface area (Å²) < 4.78 is 0. The Morgan fingerprint density at radius 1 is 1.24 bits per heavy atom. The van der Waals surface area contributed by atoms with Gasteiger partial charge in [0.05, 0.1) is 11.4 Å². The lowest BCUT2D eigenvalue weighted by molar-refractivity contribution is 0.618. The zero-order valence-electron chi connectivity index (χ0n) is 13.6. The third-order valence-electron chi connectivity index (χ3n) is 3.81. The van der Waals surface area contributed by atoms with Crippen LogP contribution in [-0.4, -0.2) is 5.71 Å². The third kappa shape index (κ3) is 4.59. The number of rotatable bonds is 4. The van der Waals surface area contributed by atoms with Crippen LogP contribution in [0.1, 0.15) is 44.2 Å². The van der Waals surface area contributed by atoms with Crippen molar-refractivity contribution in [3.63, 3.8) is 0 Å². The molecule has 1 unspecified atom stereocenters. The summed E-state index contributed by atoms with van der Waals surface area (Å²) in [4.78, 5) is 0. The van der Waals surface area contributed by atoms with E-state index in [9.17, 15) is 0 Å². The summed E-state index contributed by atoms with van der Waals surface area (Å²) in [7, 11) is 0. The van der Waals surface area contributed by atoms with Crippen LogP contribution in [0, 0.1) is 19.8 Å². The van der Waals surface area contributed by atoms with Crippen LogP contribution < -0.4 is 5.43 Å². The molecule has 0 saturated carbocycles. The van der Waals surface area contributed by atoms with E-state index in [1.807, 2.05) is 0 Å². The van der Waals surface area contributed by atoms with Crippen LogP contribution in [0.5, 0.6) is 0 Å². The highest BCUT2D eigenvalue weighted by atomic mass is 15.3. The van der Waals surface area contributed by atoms with Crippen molar-refractivity contribution < 1.29 is 0 Å². The Hall–Kier alpha value is -1.83. The molecule has 1 aliphatic rings. The topological polar surface area (TPSA) is 24.4 Å². The molecule has 1 aromatic carbocycles. The van der Waals surface area contributed by atoms with E-state index >= 15 is 0 Å². The maximum Gasteiger partial charge on any atom is 0.0640 e. The molecule has 2 heteroatoms. The van der Waals surface area contributed by atoms with Gasteiger partial charge in [0.15, 0.2) is 0 Å². The van der Waals surface area contributed by atoms with Gasteiger partial charge >= 0.3 is 0 Å². The number of hydrogen-bond acceptors (Lipinski definition) is 2. The Balaban J connectivity index is 2.19. The van der Waals surface area contributed by atoms with E-state index in [-0.39, 0.29) is 0 Å². The highest BCUT2D eigenvalue weighted by Crippen LogP contribution is 2.22. The Morgan fingerprint density at radius 2 is 2.05 bits per heavy atom. The van der Waals surface area contributed by atoms with Crippen LogP contribution in [0.4, 0.5) is 5.69 Å². The number of nitrogens with zero attached hydrogens (tertiary/aromatic N) is 1. The Bertz CT molecular complexity index is 575. The fourth-order valence-electron chi connectivity index (χ4n) is 2.66. The Morgan fingerprint density at radius 3 is 2.67 bits per heavy atom. The summed E-state index contributed by atoms with van der Waals surface area (Å²) in [5.74, 6) is 0.531. The molecule has 0 bridgehead atoms. The lowest BCUT2D eigenvalue weighted by Gasteiger charge is -2.19. The van der Waals surface area contributed by atoms with E-state index in [1.54, 1.807) is 0 Å². The predicted octanol–water partition coefficient (Wildman–Crippen LogP) is 5.39. The fraction of sp³-hybridized carbons (Fsp3) is 0.421. The van der Waals surface area contributed by atoms with Crippen molar-refractivity contribution in [2.24, 2.45) is 11.0 Å². The summed E-state index contributed by atoms with van der Waals surface area (Å²) in [6, 6.07) is 6.41. The van der Waals surface area contributed by atoms with E-state index in [0.29, 0.717) is 5.92 Å². The van der Waals surface area contributed by atoms with Crippen LogP contribution in [0.3, 0.4) is 0 Å². The first kappa shape index (κ1) is 15.6. The number of allylic oxidation sites excluding steroid dienone is 4. The number of nitrogens with one attached hydrogen (secondary N) is 1. The molecule has 1 aromatic rings. The average molecular weight is 282 g/mol. The van der Waals surface area contributed by atoms with Gasteiger partial charge in [0, 0.05) is 5.92 Å². The molecule has 0 aromatic heterocycles. The van der Waals surface area contributed by atoms with E-state index in [2.05, 4.69) is 69.5 Å². The van der Waals surface area contributed by atoms with Crippen molar-refractivity contribution in [1.29, 1.82) is 0 Å². The zero-order chi connectivity index (χ0) is 15.2. The molecule has 1 atom stereocenters. The molecule has 0 heterocycles. The third-order valence-corrected chi connectivity index (χ3v) is 3.81. The minimum atomic E-state index is 0.531. The highest BCUT2D eigenvalue weighted by Gasteiger charge is 2.15. The van der Waals surface area contributed by atoms with Crippen molar-refractivity contribution in [2.45, 2.75) is 47.0 Å². The number of hydrogen-bond donors (Lipinski definition) is 1. The van der Waals surface area contributed by atoms with Gasteiger partial charge in [-0.05, 0) is 64.7 Å². The van der Waals surface area contributed by atoms with Crippen molar-refractivity contribution >= 4 is 11.4 Å². The summed E-state index contributed by atoms with van der Waals surface area (Å²) in [6.45, 7) is 8.49. The molecule has 1 aliphatic carbocycles. The second-order valence-corrected chi connectivity index (χ2v) is 6.17. The first-order chi connectivity index (χ1) is 10.1. The van der Waals surface area contributed by atoms with Crippen LogP contribution >= 0.6 is 0 Å². The van der Waals surface area contributed by atoms with Gasteiger partial charge in [-0.25, -0.2) is 0 Å². The zero-order valence-corrected chi connectivity index (χ0v) is 13.6. The summed E-state index contributed by atoms with van der Waals surface area (Å²) in [6.07, 6.45) is 10.2. The summed E-state index contributed by atoms with van der Waals surface area (Å²) in [5.41, 5.74) is 9.33. The number of aryl methyl sites for hydroxylation is 2. The molecule has 0 aliphatic heterocycles. The predicted molar refractivity (Wildman–Crippen MR) is 92.9 cm³/mol. The molecular weight excluding hydrogens is 256 g/mol. The van der Waals surface area contributed by atoms with E-state index < -0.39 is 0 Å². The number of anilines is 1. The number of benzene rings is 1. The lowest BCUT2D eigenvalue weighted by Crippen LogP contribution is -2.16. The van der Waals surface area contributed by atoms with E-state index in [0.717, 1.165) is 18.5 Å². The van der Waals surface area contributed by atoms with Crippen molar-refractivity contribution in [3.05, 3.63) is 53.1 Å². The molecule has 112 valence electrons. The molecule has 1 N–H and O–H groups in total. The SMILES string of the molecule is CC(C)=C/C(=N\Nc1ccc(C)cc1C)C1CC=CCC1. The van der Waals surface area contributed by atoms with Gasteiger partial charge in [-0.2, -0.15) is 5.10 Å². The minimum Gasteiger partial charge on any atom is -0.278 e. The molecule has 2 nitrogen and oxygen atoms in total. The van der Waals surface area contributed by atoms with Gasteiger partial charge < -0.3 is 0 Å². The van der Waals surface area contributed by atoms with E-state index in [4.69, 9.17) is 5.10 Å². The van der Waals surface area contributed by atoms with Crippen LogP contribution in [0.15, 0.2) is 47.1 Å². The average Bonchev–Trinajstić information content (AvgIpc) is 2.45. The molecule has 0 radical (unpaired) electrons. The second kappa shape index (κ2) is 7.26. The molecule has 0 amide bonds. The van der Waals surface area contributed by atoms with Crippen molar-refractivity contribution in [3.8, 4) is 0 Å².